The third-order valence-corrected chi connectivity index (χ3v) is 4.75. The molecule has 0 aromatic carbocycles. The lowest BCUT2D eigenvalue weighted by Gasteiger charge is -2.21. The molecule has 4 atom stereocenters. The highest BCUT2D eigenvalue weighted by Gasteiger charge is 2.25. The van der Waals surface area contributed by atoms with E-state index in [-0.39, 0.29) is 6.42 Å². The second-order valence-electron chi connectivity index (χ2n) is 8.07. The molecule has 27 heavy (non-hydrogen) atoms. The lowest BCUT2D eigenvalue weighted by molar-refractivity contribution is -0.151. The van der Waals surface area contributed by atoms with Crippen LogP contribution in [0.25, 0.3) is 0 Å². The van der Waals surface area contributed by atoms with Gasteiger partial charge in [-0.1, -0.05) is 58.1 Å². The van der Waals surface area contributed by atoms with Crippen molar-refractivity contribution < 1.29 is 30.0 Å². The zero-order chi connectivity index (χ0) is 20.8. The van der Waals surface area contributed by atoms with Gasteiger partial charge < -0.3 is 25.2 Å². The van der Waals surface area contributed by atoms with Gasteiger partial charge in [0.25, 0.3) is 0 Å². The third kappa shape index (κ3) is 13.8. The Morgan fingerprint density at radius 3 is 2.22 bits per heavy atom. The molecule has 0 saturated carbocycles. The van der Waals surface area contributed by atoms with Crippen LogP contribution in [0.4, 0.5) is 0 Å². The molecule has 1 unspecified atom stereocenters. The van der Waals surface area contributed by atoms with E-state index in [1.807, 2.05) is 13.0 Å². The van der Waals surface area contributed by atoms with E-state index < -0.39 is 37.5 Å². The van der Waals surface area contributed by atoms with Crippen LogP contribution in [0.2, 0.25) is 0 Å². The Labute approximate surface area is 164 Å². The highest BCUT2D eigenvalue weighted by atomic mass is 16.5. The molecule has 0 bridgehead atoms. The van der Waals surface area contributed by atoms with Gasteiger partial charge in [-0.2, -0.15) is 0 Å². The topological polar surface area (TPSA) is 107 Å². The fourth-order valence-electron chi connectivity index (χ4n) is 2.81. The summed E-state index contributed by atoms with van der Waals surface area (Å²) < 4.78 is 4.89. The van der Waals surface area contributed by atoms with E-state index in [9.17, 15) is 20.1 Å². The second kappa shape index (κ2) is 15.0. The summed E-state index contributed by atoms with van der Waals surface area (Å²) in [5.74, 6) is 0.996. The van der Waals surface area contributed by atoms with Crippen LogP contribution in [0.3, 0.4) is 0 Å². The lowest BCUT2D eigenvalue weighted by atomic mass is 9.94. The number of aliphatic hydroxyl groups is 4. The van der Waals surface area contributed by atoms with Crippen molar-refractivity contribution in [3.05, 3.63) is 11.6 Å². The number of hydrogen-bond donors (Lipinski definition) is 4. The van der Waals surface area contributed by atoms with Crippen molar-refractivity contribution in [3.8, 4) is 0 Å². The first-order chi connectivity index (χ1) is 12.7. The van der Waals surface area contributed by atoms with Crippen molar-refractivity contribution in [2.24, 2.45) is 11.8 Å². The van der Waals surface area contributed by atoms with Crippen LogP contribution in [0, 0.1) is 11.8 Å². The maximum absolute atomic E-state index is 11.7. The van der Waals surface area contributed by atoms with Gasteiger partial charge in [0.05, 0.1) is 13.0 Å². The molecular weight excluding hydrogens is 348 g/mol. The minimum absolute atomic E-state index is 0.112. The van der Waals surface area contributed by atoms with Crippen molar-refractivity contribution in [3.63, 3.8) is 0 Å². The van der Waals surface area contributed by atoms with Gasteiger partial charge in [0.15, 0.2) is 0 Å². The largest absolute Gasteiger partial charge is 0.463 e. The Balaban J connectivity index is 3.94. The minimum atomic E-state index is -1.55. The summed E-state index contributed by atoms with van der Waals surface area (Å²) in [6.45, 7) is 7.70. The molecule has 0 aliphatic carbocycles. The quantitative estimate of drug-likeness (QED) is 0.254. The molecule has 160 valence electrons. The number of rotatable bonds is 15. The number of ether oxygens (including phenoxy) is 1. The Morgan fingerprint density at radius 1 is 1.00 bits per heavy atom. The SMILES string of the molecule is C/C(=C\CC(=O)OC[C@H](O)[C@@H](O)[C@H](O)CO)CCCC(C)CCCC(C)C. The zero-order valence-corrected chi connectivity index (χ0v) is 17.4. The lowest BCUT2D eigenvalue weighted by Crippen LogP contribution is -2.42. The van der Waals surface area contributed by atoms with E-state index in [0.717, 1.165) is 30.3 Å². The Bertz CT molecular complexity index is 421. The molecule has 0 heterocycles. The standard InChI is InChI=1S/C21H40O6/c1-15(2)7-5-8-16(3)9-6-10-17(4)11-12-20(25)27-14-19(24)21(26)18(23)13-22/h11,15-16,18-19,21-24,26H,5-10,12-14H2,1-4H3/b17-11+/t16?,18-,19+,21+/m1/s1. The van der Waals surface area contributed by atoms with Crippen LogP contribution in [-0.4, -0.2) is 57.9 Å². The highest BCUT2D eigenvalue weighted by Crippen LogP contribution is 2.19. The highest BCUT2D eigenvalue weighted by molar-refractivity contribution is 5.71. The van der Waals surface area contributed by atoms with E-state index in [2.05, 4.69) is 20.8 Å². The van der Waals surface area contributed by atoms with Crippen LogP contribution in [0.15, 0.2) is 11.6 Å². The normalized spacial score (nSPS) is 16.9. The summed E-state index contributed by atoms with van der Waals surface area (Å²) in [6.07, 6.45) is 4.58. The van der Waals surface area contributed by atoms with Gasteiger partial charge in [0.1, 0.15) is 24.9 Å². The molecule has 0 aliphatic rings. The van der Waals surface area contributed by atoms with Gasteiger partial charge >= 0.3 is 5.97 Å². The van der Waals surface area contributed by atoms with E-state index in [4.69, 9.17) is 9.84 Å². The first-order valence-corrected chi connectivity index (χ1v) is 10.1. The molecule has 0 radical (unpaired) electrons. The van der Waals surface area contributed by atoms with Crippen molar-refractivity contribution in [2.45, 2.75) is 91.0 Å². The predicted molar refractivity (Wildman–Crippen MR) is 106 cm³/mol. The Hall–Kier alpha value is -0.950. The van der Waals surface area contributed by atoms with Crippen molar-refractivity contribution >= 4 is 5.97 Å². The zero-order valence-electron chi connectivity index (χ0n) is 17.4. The molecule has 6 nitrogen and oxygen atoms in total. The molecule has 0 fully saturated rings. The maximum Gasteiger partial charge on any atom is 0.309 e. The van der Waals surface area contributed by atoms with Gasteiger partial charge in [-0.15, -0.1) is 0 Å². The molecule has 4 N–H and O–H groups in total. The van der Waals surface area contributed by atoms with Crippen molar-refractivity contribution in [1.29, 1.82) is 0 Å². The average molecular weight is 389 g/mol. The predicted octanol–water partition coefficient (Wildman–Crippen LogP) is 2.57. The summed E-state index contributed by atoms with van der Waals surface area (Å²) >= 11 is 0. The summed E-state index contributed by atoms with van der Waals surface area (Å²) in [5, 5.41) is 37.0. The average Bonchev–Trinajstić information content (AvgIpc) is 2.62. The molecule has 0 aliphatic heterocycles. The first-order valence-electron chi connectivity index (χ1n) is 10.1. The number of aliphatic hydroxyl groups excluding tert-OH is 4. The maximum atomic E-state index is 11.7. The van der Waals surface area contributed by atoms with Crippen molar-refractivity contribution in [1.82, 2.24) is 0 Å². The van der Waals surface area contributed by atoms with Gasteiger partial charge in [-0.3, -0.25) is 4.79 Å². The Kier molecular flexibility index (Phi) is 14.5. The summed E-state index contributed by atoms with van der Waals surface area (Å²) in [4.78, 5) is 11.7. The smallest absolute Gasteiger partial charge is 0.309 e. The fourth-order valence-corrected chi connectivity index (χ4v) is 2.81. The van der Waals surface area contributed by atoms with Crippen molar-refractivity contribution in [2.75, 3.05) is 13.2 Å². The molecule has 0 aromatic rings. The monoisotopic (exact) mass is 388 g/mol. The van der Waals surface area contributed by atoms with Crippen LogP contribution in [-0.2, 0) is 9.53 Å². The molecular formula is C21H40O6. The minimum Gasteiger partial charge on any atom is -0.463 e. The number of carbonyl (C=O) groups is 1. The number of carbonyl (C=O) groups excluding carboxylic acids is 1. The summed E-state index contributed by atoms with van der Waals surface area (Å²) in [6, 6.07) is 0. The fraction of sp³-hybridized carbons (Fsp3) is 0.857. The van der Waals surface area contributed by atoms with Crippen LogP contribution in [0.5, 0.6) is 0 Å². The van der Waals surface area contributed by atoms with Crippen LogP contribution < -0.4 is 0 Å². The summed E-state index contributed by atoms with van der Waals surface area (Å²) in [5.41, 5.74) is 1.14. The van der Waals surface area contributed by atoms with Gasteiger partial charge in [0, 0.05) is 0 Å². The molecule has 6 heteroatoms. The summed E-state index contributed by atoms with van der Waals surface area (Å²) in [7, 11) is 0. The second-order valence-corrected chi connectivity index (χ2v) is 8.07. The Morgan fingerprint density at radius 2 is 1.63 bits per heavy atom. The first kappa shape index (κ1) is 26.1. The molecule has 0 spiro atoms. The molecule has 0 amide bonds. The van der Waals surface area contributed by atoms with E-state index >= 15 is 0 Å². The number of esters is 1. The van der Waals surface area contributed by atoms with Crippen LogP contribution in [0.1, 0.15) is 72.6 Å². The van der Waals surface area contributed by atoms with E-state index in [0.29, 0.717) is 0 Å². The van der Waals surface area contributed by atoms with Gasteiger partial charge in [0.2, 0.25) is 0 Å². The molecule has 0 rings (SSSR count). The number of hydrogen-bond acceptors (Lipinski definition) is 6. The van der Waals surface area contributed by atoms with Gasteiger partial charge in [-0.05, 0) is 31.6 Å². The third-order valence-electron chi connectivity index (χ3n) is 4.75. The van der Waals surface area contributed by atoms with E-state index in [1.165, 1.54) is 25.7 Å². The molecule has 0 saturated heterocycles. The van der Waals surface area contributed by atoms with Gasteiger partial charge in [-0.25, -0.2) is 0 Å². The van der Waals surface area contributed by atoms with Crippen LogP contribution >= 0.6 is 0 Å². The van der Waals surface area contributed by atoms with E-state index in [1.54, 1.807) is 0 Å². The number of allylic oxidation sites excluding steroid dienone is 1. The molecule has 0 aromatic heterocycles.